The van der Waals surface area contributed by atoms with Gasteiger partial charge in [0.2, 0.25) is 0 Å². The molecular formula is C16H23N3O. The zero-order valence-electron chi connectivity index (χ0n) is 12.3. The first kappa shape index (κ1) is 13.4. The molecule has 0 saturated carbocycles. The standard InChI is InChI=1S/C16H23N3O/c1-11(2)16-18-14-10-12(17)5-6-15(14)19(16)8-7-13-4-3-9-20-13/h5-6,10-11,13H,3-4,7-9,17H2,1-2H3. The topological polar surface area (TPSA) is 53.1 Å². The largest absolute Gasteiger partial charge is 0.399 e. The maximum atomic E-state index is 5.86. The summed E-state index contributed by atoms with van der Waals surface area (Å²) in [6.07, 6.45) is 3.87. The highest BCUT2D eigenvalue weighted by atomic mass is 16.5. The Kier molecular flexibility index (Phi) is 3.66. The summed E-state index contributed by atoms with van der Waals surface area (Å²) in [6, 6.07) is 6.00. The number of hydrogen-bond donors (Lipinski definition) is 1. The molecule has 1 saturated heterocycles. The highest BCUT2D eigenvalue weighted by Crippen LogP contribution is 2.25. The molecule has 0 amide bonds. The number of nitrogen functional groups attached to an aromatic ring is 1. The van der Waals surface area contributed by atoms with Crippen LogP contribution in [0.2, 0.25) is 0 Å². The number of ether oxygens (including phenoxy) is 1. The first-order valence-electron chi connectivity index (χ1n) is 7.52. The van der Waals surface area contributed by atoms with Crippen molar-refractivity contribution < 1.29 is 4.74 Å². The average molecular weight is 273 g/mol. The van der Waals surface area contributed by atoms with Crippen molar-refractivity contribution in [3.05, 3.63) is 24.0 Å². The lowest BCUT2D eigenvalue weighted by Crippen LogP contribution is -2.12. The van der Waals surface area contributed by atoms with E-state index in [0.29, 0.717) is 12.0 Å². The second-order valence-electron chi connectivity index (χ2n) is 5.95. The van der Waals surface area contributed by atoms with Crippen molar-refractivity contribution in [2.45, 2.75) is 51.7 Å². The van der Waals surface area contributed by atoms with E-state index in [0.717, 1.165) is 36.6 Å². The van der Waals surface area contributed by atoms with Gasteiger partial charge in [-0.15, -0.1) is 0 Å². The number of nitrogens with two attached hydrogens (primary N) is 1. The summed E-state index contributed by atoms with van der Waals surface area (Å²) >= 11 is 0. The van der Waals surface area contributed by atoms with E-state index in [1.807, 2.05) is 12.1 Å². The van der Waals surface area contributed by atoms with E-state index >= 15 is 0 Å². The van der Waals surface area contributed by atoms with E-state index in [4.69, 9.17) is 15.5 Å². The molecule has 2 aromatic rings. The minimum absolute atomic E-state index is 0.410. The second kappa shape index (κ2) is 5.44. The Hall–Kier alpha value is -1.55. The van der Waals surface area contributed by atoms with Crippen molar-refractivity contribution in [3.63, 3.8) is 0 Å². The molecule has 108 valence electrons. The maximum absolute atomic E-state index is 5.86. The highest BCUT2D eigenvalue weighted by Gasteiger charge is 2.18. The van der Waals surface area contributed by atoms with Gasteiger partial charge in [0.1, 0.15) is 5.82 Å². The lowest BCUT2D eigenvalue weighted by atomic mass is 10.1. The third-order valence-electron chi connectivity index (χ3n) is 4.02. The molecule has 0 bridgehead atoms. The van der Waals surface area contributed by atoms with E-state index in [9.17, 15) is 0 Å². The minimum Gasteiger partial charge on any atom is -0.399 e. The van der Waals surface area contributed by atoms with E-state index < -0.39 is 0 Å². The monoisotopic (exact) mass is 273 g/mol. The van der Waals surface area contributed by atoms with E-state index in [1.54, 1.807) is 0 Å². The van der Waals surface area contributed by atoms with Gasteiger partial charge in [-0.05, 0) is 37.5 Å². The number of nitrogens with zero attached hydrogens (tertiary/aromatic N) is 2. The average Bonchev–Trinajstić information content (AvgIpc) is 3.02. The van der Waals surface area contributed by atoms with Crippen LogP contribution in [0, 0.1) is 0 Å². The Morgan fingerprint density at radius 1 is 1.45 bits per heavy atom. The quantitative estimate of drug-likeness (QED) is 0.869. The van der Waals surface area contributed by atoms with Crippen LogP contribution in [0.25, 0.3) is 11.0 Å². The van der Waals surface area contributed by atoms with Crippen molar-refractivity contribution >= 4 is 16.7 Å². The van der Waals surface area contributed by atoms with Gasteiger partial charge in [0.05, 0.1) is 17.1 Å². The van der Waals surface area contributed by atoms with Crippen molar-refractivity contribution in [2.75, 3.05) is 12.3 Å². The number of fused-ring (bicyclic) bond motifs is 1. The summed E-state index contributed by atoms with van der Waals surface area (Å²) in [7, 11) is 0. The normalized spacial score (nSPS) is 19.2. The molecule has 2 heterocycles. The third kappa shape index (κ3) is 2.52. The van der Waals surface area contributed by atoms with Crippen LogP contribution in [-0.4, -0.2) is 22.3 Å². The molecule has 1 atom stereocenters. The SMILES string of the molecule is CC(C)c1nc2cc(N)ccc2n1CCC1CCCO1. The van der Waals surface area contributed by atoms with Crippen molar-refractivity contribution in [3.8, 4) is 0 Å². The number of rotatable bonds is 4. The van der Waals surface area contributed by atoms with Gasteiger partial charge in [0, 0.05) is 24.8 Å². The van der Waals surface area contributed by atoms with Gasteiger partial charge in [0.15, 0.2) is 0 Å². The number of imidazole rings is 1. The maximum Gasteiger partial charge on any atom is 0.112 e. The van der Waals surface area contributed by atoms with E-state index in [-0.39, 0.29) is 0 Å². The molecule has 0 radical (unpaired) electrons. The number of hydrogen-bond acceptors (Lipinski definition) is 3. The van der Waals surface area contributed by atoms with E-state index in [2.05, 4.69) is 24.5 Å². The Labute approximate surface area is 119 Å². The van der Waals surface area contributed by atoms with Crippen molar-refractivity contribution in [1.29, 1.82) is 0 Å². The van der Waals surface area contributed by atoms with Gasteiger partial charge in [0.25, 0.3) is 0 Å². The molecule has 2 N–H and O–H groups in total. The van der Waals surface area contributed by atoms with Crippen molar-refractivity contribution in [1.82, 2.24) is 9.55 Å². The predicted molar refractivity (Wildman–Crippen MR) is 81.8 cm³/mol. The second-order valence-corrected chi connectivity index (χ2v) is 5.95. The van der Waals surface area contributed by atoms with Gasteiger partial charge in [-0.3, -0.25) is 0 Å². The molecule has 0 aliphatic carbocycles. The number of aromatic nitrogens is 2. The summed E-state index contributed by atoms with van der Waals surface area (Å²) in [5, 5.41) is 0. The van der Waals surface area contributed by atoms with E-state index in [1.165, 1.54) is 18.4 Å². The highest BCUT2D eigenvalue weighted by molar-refractivity contribution is 5.79. The van der Waals surface area contributed by atoms with Crippen LogP contribution in [0.15, 0.2) is 18.2 Å². The number of benzene rings is 1. The molecule has 1 aromatic heterocycles. The summed E-state index contributed by atoms with van der Waals surface area (Å²) < 4.78 is 8.06. The predicted octanol–water partition coefficient (Wildman–Crippen LogP) is 3.31. The lowest BCUT2D eigenvalue weighted by molar-refractivity contribution is 0.100. The molecule has 4 nitrogen and oxygen atoms in total. The van der Waals surface area contributed by atoms with Gasteiger partial charge < -0.3 is 15.0 Å². The van der Waals surface area contributed by atoms with Gasteiger partial charge in [-0.2, -0.15) is 0 Å². The van der Waals surface area contributed by atoms with Crippen LogP contribution in [-0.2, 0) is 11.3 Å². The van der Waals surface area contributed by atoms with Crippen LogP contribution < -0.4 is 5.73 Å². The van der Waals surface area contributed by atoms with Crippen LogP contribution in [0.5, 0.6) is 0 Å². The van der Waals surface area contributed by atoms with Gasteiger partial charge >= 0.3 is 0 Å². The number of aryl methyl sites for hydroxylation is 1. The van der Waals surface area contributed by atoms with Crippen molar-refractivity contribution in [2.24, 2.45) is 0 Å². The molecule has 20 heavy (non-hydrogen) atoms. The van der Waals surface area contributed by atoms with Crippen LogP contribution in [0.1, 0.15) is 44.9 Å². The molecule has 1 aliphatic heterocycles. The Morgan fingerprint density at radius 3 is 3.00 bits per heavy atom. The Morgan fingerprint density at radius 2 is 2.30 bits per heavy atom. The van der Waals surface area contributed by atoms with Gasteiger partial charge in [-0.1, -0.05) is 13.8 Å². The molecule has 1 aliphatic rings. The molecule has 0 spiro atoms. The summed E-state index contributed by atoms with van der Waals surface area (Å²) in [4.78, 5) is 4.76. The molecule has 4 heteroatoms. The molecule has 1 aromatic carbocycles. The van der Waals surface area contributed by atoms with Crippen LogP contribution in [0.4, 0.5) is 5.69 Å². The Bertz CT molecular complexity index is 597. The smallest absolute Gasteiger partial charge is 0.112 e. The number of anilines is 1. The van der Waals surface area contributed by atoms with Crippen LogP contribution in [0.3, 0.4) is 0 Å². The Balaban J connectivity index is 1.91. The summed E-state index contributed by atoms with van der Waals surface area (Å²) in [5.41, 5.74) is 8.82. The zero-order chi connectivity index (χ0) is 14.1. The van der Waals surface area contributed by atoms with Gasteiger partial charge in [-0.25, -0.2) is 4.98 Å². The zero-order valence-corrected chi connectivity index (χ0v) is 12.3. The third-order valence-corrected chi connectivity index (χ3v) is 4.02. The van der Waals surface area contributed by atoms with Crippen LogP contribution >= 0.6 is 0 Å². The fraction of sp³-hybridized carbons (Fsp3) is 0.562. The lowest BCUT2D eigenvalue weighted by Gasteiger charge is -2.14. The fourth-order valence-electron chi connectivity index (χ4n) is 2.99. The first-order chi connectivity index (χ1) is 9.65. The molecular weight excluding hydrogens is 250 g/mol. The summed E-state index contributed by atoms with van der Waals surface area (Å²) in [6.45, 7) is 6.27. The minimum atomic E-state index is 0.410. The molecule has 3 rings (SSSR count). The molecule has 1 fully saturated rings. The fourth-order valence-corrected chi connectivity index (χ4v) is 2.99. The summed E-state index contributed by atoms with van der Waals surface area (Å²) in [5.74, 6) is 1.55. The first-order valence-corrected chi connectivity index (χ1v) is 7.52. The molecule has 1 unspecified atom stereocenters.